The monoisotopic (exact) mass is 375 g/mol. The second kappa shape index (κ2) is 8.74. The minimum absolute atomic E-state index is 0.0110. The molecular formula is C20H19ClFNO3. The SMILES string of the molecule is COc1cccc(CNCc2ccco2)c1OCc1c(F)cccc1Cl. The lowest BCUT2D eigenvalue weighted by molar-refractivity contribution is 0.276. The van der Waals surface area contributed by atoms with Crippen molar-refractivity contribution in [2.45, 2.75) is 19.7 Å². The fraction of sp³-hybridized carbons (Fsp3) is 0.200. The van der Waals surface area contributed by atoms with E-state index in [4.69, 9.17) is 25.5 Å². The second-order valence-corrected chi connectivity index (χ2v) is 6.03. The maximum absolute atomic E-state index is 14.0. The summed E-state index contributed by atoms with van der Waals surface area (Å²) in [6, 6.07) is 13.9. The molecule has 0 spiro atoms. The van der Waals surface area contributed by atoms with Gasteiger partial charge in [-0.3, -0.25) is 0 Å². The largest absolute Gasteiger partial charge is 0.493 e. The molecule has 0 bridgehead atoms. The lowest BCUT2D eigenvalue weighted by atomic mass is 10.1. The van der Waals surface area contributed by atoms with Crippen LogP contribution in [0.4, 0.5) is 4.39 Å². The number of hydrogen-bond acceptors (Lipinski definition) is 4. The average molecular weight is 376 g/mol. The summed E-state index contributed by atoms with van der Waals surface area (Å²) in [6.45, 7) is 1.14. The molecule has 0 aliphatic heterocycles. The molecule has 136 valence electrons. The minimum atomic E-state index is -0.398. The predicted molar refractivity (Wildman–Crippen MR) is 98.0 cm³/mol. The molecule has 0 aliphatic rings. The lowest BCUT2D eigenvalue weighted by Crippen LogP contribution is -2.13. The van der Waals surface area contributed by atoms with Gasteiger partial charge in [-0.1, -0.05) is 29.8 Å². The van der Waals surface area contributed by atoms with Gasteiger partial charge in [0.2, 0.25) is 0 Å². The quantitative estimate of drug-likeness (QED) is 0.605. The van der Waals surface area contributed by atoms with Crippen molar-refractivity contribution in [3.05, 3.63) is 82.5 Å². The van der Waals surface area contributed by atoms with Crippen molar-refractivity contribution in [3.8, 4) is 11.5 Å². The summed E-state index contributed by atoms with van der Waals surface area (Å²) in [5.41, 5.74) is 1.21. The Balaban J connectivity index is 1.74. The maximum atomic E-state index is 14.0. The highest BCUT2D eigenvalue weighted by Gasteiger charge is 2.14. The molecule has 3 rings (SSSR count). The summed E-state index contributed by atoms with van der Waals surface area (Å²) in [4.78, 5) is 0. The van der Waals surface area contributed by atoms with Gasteiger partial charge in [0.25, 0.3) is 0 Å². The molecule has 1 N–H and O–H groups in total. The van der Waals surface area contributed by atoms with Crippen molar-refractivity contribution in [2.75, 3.05) is 7.11 Å². The van der Waals surface area contributed by atoms with Crippen LogP contribution < -0.4 is 14.8 Å². The highest BCUT2D eigenvalue weighted by atomic mass is 35.5. The van der Waals surface area contributed by atoms with Crippen molar-refractivity contribution in [1.82, 2.24) is 5.32 Å². The fourth-order valence-electron chi connectivity index (χ4n) is 2.57. The van der Waals surface area contributed by atoms with Crippen molar-refractivity contribution < 1.29 is 18.3 Å². The minimum Gasteiger partial charge on any atom is -0.493 e. The van der Waals surface area contributed by atoms with Gasteiger partial charge in [-0.25, -0.2) is 4.39 Å². The summed E-state index contributed by atoms with van der Waals surface area (Å²) in [5.74, 6) is 1.58. The third kappa shape index (κ3) is 4.36. The zero-order valence-electron chi connectivity index (χ0n) is 14.3. The van der Waals surface area contributed by atoms with Crippen LogP contribution in [0.3, 0.4) is 0 Å². The molecular weight excluding hydrogens is 357 g/mol. The third-order valence-electron chi connectivity index (χ3n) is 3.90. The molecule has 26 heavy (non-hydrogen) atoms. The van der Waals surface area contributed by atoms with Crippen LogP contribution in [0.5, 0.6) is 11.5 Å². The Morgan fingerprint density at radius 1 is 1.08 bits per heavy atom. The molecule has 0 saturated heterocycles. The van der Waals surface area contributed by atoms with Gasteiger partial charge in [-0.2, -0.15) is 0 Å². The van der Waals surface area contributed by atoms with E-state index in [1.807, 2.05) is 24.3 Å². The van der Waals surface area contributed by atoms with Crippen LogP contribution in [-0.4, -0.2) is 7.11 Å². The molecule has 1 heterocycles. The number of nitrogens with one attached hydrogen (secondary N) is 1. The summed E-state index contributed by atoms with van der Waals surface area (Å²) in [7, 11) is 1.57. The van der Waals surface area contributed by atoms with Crippen LogP contribution in [0.2, 0.25) is 5.02 Å². The smallest absolute Gasteiger partial charge is 0.166 e. The number of para-hydroxylation sites is 1. The summed E-state index contributed by atoms with van der Waals surface area (Å²) < 4.78 is 30.6. The van der Waals surface area contributed by atoms with Gasteiger partial charge in [0.1, 0.15) is 18.2 Å². The third-order valence-corrected chi connectivity index (χ3v) is 4.25. The topological polar surface area (TPSA) is 43.6 Å². The van der Waals surface area contributed by atoms with E-state index >= 15 is 0 Å². The molecule has 0 amide bonds. The summed E-state index contributed by atoms with van der Waals surface area (Å²) >= 11 is 6.08. The van der Waals surface area contributed by atoms with Crippen molar-refractivity contribution in [3.63, 3.8) is 0 Å². The molecule has 0 fully saturated rings. The Bertz CT molecular complexity index is 832. The first-order chi connectivity index (χ1) is 12.7. The molecule has 4 nitrogen and oxygen atoms in total. The highest BCUT2D eigenvalue weighted by Crippen LogP contribution is 2.32. The molecule has 0 radical (unpaired) electrons. The normalized spacial score (nSPS) is 10.7. The number of methoxy groups -OCH3 is 1. The summed E-state index contributed by atoms with van der Waals surface area (Å²) in [6.07, 6.45) is 1.63. The maximum Gasteiger partial charge on any atom is 0.166 e. The highest BCUT2D eigenvalue weighted by molar-refractivity contribution is 6.31. The van der Waals surface area contributed by atoms with Crippen LogP contribution in [0.1, 0.15) is 16.9 Å². The van der Waals surface area contributed by atoms with Gasteiger partial charge < -0.3 is 19.2 Å². The first-order valence-corrected chi connectivity index (χ1v) is 8.51. The van der Waals surface area contributed by atoms with E-state index in [9.17, 15) is 4.39 Å². The average Bonchev–Trinajstić information content (AvgIpc) is 3.15. The number of benzene rings is 2. The van der Waals surface area contributed by atoms with Crippen molar-refractivity contribution >= 4 is 11.6 Å². The van der Waals surface area contributed by atoms with Gasteiger partial charge in [0, 0.05) is 17.7 Å². The zero-order valence-corrected chi connectivity index (χ0v) is 15.1. The number of furan rings is 1. The Hall–Kier alpha value is -2.50. The lowest BCUT2D eigenvalue weighted by Gasteiger charge is -2.16. The first-order valence-electron chi connectivity index (χ1n) is 8.13. The van der Waals surface area contributed by atoms with Gasteiger partial charge in [0.15, 0.2) is 11.5 Å². The van der Waals surface area contributed by atoms with E-state index in [-0.39, 0.29) is 6.61 Å². The van der Waals surface area contributed by atoms with E-state index < -0.39 is 5.82 Å². The van der Waals surface area contributed by atoms with E-state index in [2.05, 4.69) is 5.32 Å². The Morgan fingerprint density at radius 2 is 1.92 bits per heavy atom. The molecule has 3 aromatic rings. The first kappa shape index (κ1) is 18.3. The van der Waals surface area contributed by atoms with E-state index in [0.29, 0.717) is 35.2 Å². The van der Waals surface area contributed by atoms with E-state index in [1.54, 1.807) is 31.6 Å². The molecule has 0 aliphatic carbocycles. The van der Waals surface area contributed by atoms with Crippen LogP contribution >= 0.6 is 11.6 Å². The standard InChI is InChI=1S/C20H19ClFNO3/c1-24-19-9-2-5-14(11-23-12-15-6-4-10-25-15)20(19)26-13-16-17(21)7-3-8-18(16)22/h2-10,23H,11-13H2,1H3. The Kier molecular flexibility index (Phi) is 6.15. The van der Waals surface area contributed by atoms with Crippen LogP contribution in [0.25, 0.3) is 0 Å². The van der Waals surface area contributed by atoms with E-state index in [1.165, 1.54) is 6.07 Å². The van der Waals surface area contributed by atoms with Crippen molar-refractivity contribution in [1.29, 1.82) is 0 Å². The molecule has 6 heteroatoms. The van der Waals surface area contributed by atoms with E-state index in [0.717, 1.165) is 11.3 Å². The molecule has 2 aromatic carbocycles. The Labute approximate surface area is 156 Å². The van der Waals surface area contributed by atoms with Gasteiger partial charge in [0.05, 0.1) is 24.9 Å². The van der Waals surface area contributed by atoms with Gasteiger partial charge >= 0.3 is 0 Å². The van der Waals surface area contributed by atoms with Crippen molar-refractivity contribution in [2.24, 2.45) is 0 Å². The van der Waals surface area contributed by atoms with Crippen LogP contribution in [-0.2, 0) is 19.7 Å². The second-order valence-electron chi connectivity index (χ2n) is 5.62. The molecule has 0 saturated carbocycles. The fourth-order valence-corrected chi connectivity index (χ4v) is 2.79. The van der Waals surface area contributed by atoms with Gasteiger partial charge in [-0.15, -0.1) is 0 Å². The number of hydrogen-bond donors (Lipinski definition) is 1. The molecule has 1 aromatic heterocycles. The number of ether oxygens (including phenoxy) is 2. The number of halogens is 2. The van der Waals surface area contributed by atoms with Gasteiger partial charge in [-0.05, 0) is 30.3 Å². The molecule has 0 unspecified atom stereocenters. The summed E-state index contributed by atoms with van der Waals surface area (Å²) in [5, 5.41) is 3.62. The number of rotatable bonds is 8. The molecule has 0 atom stereocenters. The predicted octanol–water partition coefficient (Wildman–Crippen LogP) is 4.95. The Morgan fingerprint density at radius 3 is 2.65 bits per heavy atom. The zero-order chi connectivity index (χ0) is 18.4. The van der Waals surface area contributed by atoms with Crippen LogP contribution in [0.15, 0.2) is 59.2 Å². The van der Waals surface area contributed by atoms with Crippen LogP contribution in [0, 0.1) is 5.82 Å².